The van der Waals surface area contributed by atoms with E-state index in [9.17, 15) is 9.90 Å². The van der Waals surface area contributed by atoms with Crippen LogP contribution >= 0.6 is 0 Å². The number of aromatic nitrogens is 2. The molecule has 0 unspecified atom stereocenters. The van der Waals surface area contributed by atoms with Crippen LogP contribution in [0.3, 0.4) is 0 Å². The van der Waals surface area contributed by atoms with E-state index in [0.717, 1.165) is 38.8 Å². The summed E-state index contributed by atoms with van der Waals surface area (Å²) in [6.45, 7) is 4.11. The minimum Gasteiger partial charge on any atom is -0.389 e. The molecule has 1 aliphatic heterocycles. The first-order valence-electron chi connectivity index (χ1n) is 9.59. The second-order valence-corrected chi connectivity index (χ2v) is 7.26. The number of likely N-dealkylation sites (N-methyl/N-ethyl adjacent to an activating group) is 1. The zero-order valence-electron chi connectivity index (χ0n) is 15.4. The average Bonchev–Trinajstić information content (AvgIpc) is 3.31. The molecule has 1 amide bonds. The Morgan fingerprint density at radius 3 is 2.76 bits per heavy atom. The van der Waals surface area contributed by atoms with Crippen molar-refractivity contribution in [2.75, 3.05) is 20.1 Å². The van der Waals surface area contributed by atoms with E-state index in [2.05, 4.69) is 15.0 Å². The van der Waals surface area contributed by atoms with E-state index < -0.39 is 6.10 Å². The van der Waals surface area contributed by atoms with Gasteiger partial charge in [-0.1, -0.05) is 12.1 Å². The number of hydrogen-bond donors (Lipinski definition) is 1. The molecule has 1 N–H and O–H groups in total. The largest absolute Gasteiger partial charge is 0.389 e. The Kier molecular flexibility index (Phi) is 6.06. The monoisotopic (exact) mass is 350 g/mol. The van der Waals surface area contributed by atoms with Crippen molar-refractivity contribution in [3.05, 3.63) is 11.7 Å². The lowest BCUT2D eigenvalue weighted by molar-refractivity contribution is -0.137. The van der Waals surface area contributed by atoms with Crippen LogP contribution in [0.5, 0.6) is 0 Å². The third-order valence-corrected chi connectivity index (χ3v) is 5.67. The predicted molar refractivity (Wildman–Crippen MR) is 93.0 cm³/mol. The fourth-order valence-electron chi connectivity index (χ4n) is 4.14. The molecule has 3 atom stereocenters. The zero-order valence-corrected chi connectivity index (χ0v) is 15.4. The first kappa shape index (κ1) is 18.3. The molecule has 0 spiro atoms. The molecular formula is C18H30N4O3. The lowest BCUT2D eigenvalue weighted by Crippen LogP contribution is -2.56. The summed E-state index contributed by atoms with van der Waals surface area (Å²) in [5, 5.41) is 14.7. The summed E-state index contributed by atoms with van der Waals surface area (Å²) >= 11 is 0. The molecule has 2 aliphatic rings. The van der Waals surface area contributed by atoms with Gasteiger partial charge in [0, 0.05) is 32.4 Å². The van der Waals surface area contributed by atoms with Gasteiger partial charge in [0.1, 0.15) is 0 Å². The summed E-state index contributed by atoms with van der Waals surface area (Å²) in [6, 6.07) is 0.0975. The number of carbonyl (C=O) groups is 1. The Morgan fingerprint density at radius 1 is 1.32 bits per heavy atom. The van der Waals surface area contributed by atoms with E-state index >= 15 is 0 Å². The van der Waals surface area contributed by atoms with Crippen molar-refractivity contribution in [2.24, 2.45) is 0 Å². The SMILES string of the molecule is CCc1noc(CCC(=O)N(C)[C@@H]2CCC[C@@H](N3CCCC3)[C@@H]2O)n1. The Hall–Kier alpha value is -1.47. The van der Waals surface area contributed by atoms with Crippen molar-refractivity contribution < 1.29 is 14.4 Å². The first-order valence-corrected chi connectivity index (χ1v) is 9.59. The molecule has 1 aromatic rings. The van der Waals surface area contributed by atoms with Gasteiger partial charge in [-0.15, -0.1) is 0 Å². The van der Waals surface area contributed by atoms with E-state index in [1.807, 2.05) is 14.0 Å². The maximum absolute atomic E-state index is 12.6. The molecule has 140 valence electrons. The van der Waals surface area contributed by atoms with E-state index in [1.165, 1.54) is 12.8 Å². The van der Waals surface area contributed by atoms with Crippen LogP contribution in [-0.4, -0.2) is 69.3 Å². The molecule has 2 heterocycles. The number of amides is 1. The van der Waals surface area contributed by atoms with Crippen molar-refractivity contribution in [1.29, 1.82) is 0 Å². The quantitative estimate of drug-likeness (QED) is 0.835. The highest BCUT2D eigenvalue weighted by Crippen LogP contribution is 2.29. The van der Waals surface area contributed by atoms with E-state index in [-0.39, 0.29) is 18.0 Å². The summed E-state index contributed by atoms with van der Waals surface area (Å²) in [7, 11) is 1.81. The highest BCUT2D eigenvalue weighted by atomic mass is 16.5. The second kappa shape index (κ2) is 8.27. The summed E-state index contributed by atoms with van der Waals surface area (Å²) < 4.78 is 5.15. The third kappa shape index (κ3) is 4.20. The van der Waals surface area contributed by atoms with Crippen LogP contribution < -0.4 is 0 Å². The van der Waals surface area contributed by atoms with Gasteiger partial charge in [-0.25, -0.2) is 0 Å². The maximum Gasteiger partial charge on any atom is 0.227 e. The van der Waals surface area contributed by atoms with Crippen molar-refractivity contribution >= 4 is 5.91 Å². The van der Waals surface area contributed by atoms with Gasteiger partial charge in [0.2, 0.25) is 11.8 Å². The van der Waals surface area contributed by atoms with Gasteiger partial charge in [0.25, 0.3) is 0 Å². The number of carbonyl (C=O) groups excluding carboxylic acids is 1. The van der Waals surface area contributed by atoms with Gasteiger partial charge in [-0.2, -0.15) is 4.98 Å². The predicted octanol–water partition coefficient (Wildman–Crippen LogP) is 1.40. The van der Waals surface area contributed by atoms with Crippen molar-refractivity contribution in [2.45, 2.75) is 76.5 Å². The summed E-state index contributed by atoms with van der Waals surface area (Å²) in [6.07, 6.45) is 6.44. The maximum atomic E-state index is 12.6. The molecule has 0 aromatic carbocycles. The third-order valence-electron chi connectivity index (χ3n) is 5.67. The molecule has 0 bridgehead atoms. The minimum atomic E-state index is -0.462. The number of aliphatic hydroxyl groups is 1. The average molecular weight is 350 g/mol. The van der Waals surface area contributed by atoms with Gasteiger partial charge >= 0.3 is 0 Å². The van der Waals surface area contributed by atoms with Crippen LogP contribution in [0.15, 0.2) is 4.52 Å². The van der Waals surface area contributed by atoms with Crippen molar-refractivity contribution in [1.82, 2.24) is 19.9 Å². The fraction of sp³-hybridized carbons (Fsp3) is 0.833. The number of likely N-dealkylation sites (tertiary alicyclic amines) is 1. The lowest BCUT2D eigenvalue weighted by atomic mass is 9.86. The number of aryl methyl sites for hydroxylation is 2. The van der Waals surface area contributed by atoms with Crippen LogP contribution in [0.1, 0.15) is 57.2 Å². The van der Waals surface area contributed by atoms with Gasteiger partial charge < -0.3 is 14.5 Å². The smallest absolute Gasteiger partial charge is 0.227 e. The topological polar surface area (TPSA) is 82.7 Å². The van der Waals surface area contributed by atoms with Crippen LogP contribution in [0, 0.1) is 0 Å². The van der Waals surface area contributed by atoms with Crippen LogP contribution in [0.25, 0.3) is 0 Å². The summed E-state index contributed by atoms with van der Waals surface area (Å²) in [5.74, 6) is 1.21. The molecule has 7 nitrogen and oxygen atoms in total. The molecule has 25 heavy (non-hydrogen) atoms. The second-order valence-electron chi connectivity index (χ2n) is 7.26. The van der Waals surface area contributed by atoms with Crippen LogP contribution in [-0.2, 0) is 17.6 Å². The van der Waals surface area contributed by atoms with E-state index in [4.69, 9.17) is 4.52 Å². The molecule has 1 aromatic heterocycles. The fourth-order valence-corrected chi connectivity index (χ4v) is 4.14. The molecular weight excluding hydrogens is 320 g/mol. The Labute approximate surface area is 149 Å². The molecule has 1 aliphatic carbocycles. The van der Waals surface area contributed by atoms with Crippen LogP contribution in [0.2, 0.25) is 0 Å². The number of nitrogens with zero attached hydrogens (tertiary/aromatic N) is 4. The number of aliphatic hydroxyl groups excluding tert-OH is 1. The molecule has 1 saturated heterocycles. The van der Waals surface area contributed by atoms with Crippen molar-refractivity contribution in [3.63, 3.8) is 0 Å². The van der Waals surface area contributed by atoms with E-state index in [0.29, 0.717) is 24.6 Å². The summed E-state index contributed by atoms with van der Waals surface area (Å²) in [5.41, 5.74) is 0. The van der Waals surface area contributed by atoms with E-state index in [1.54, 1.807) is 4.90 Å². The van der Waals surface area contributed by atoms with Crippen molar-refractivity contribution in [3.8, 4) is 0 Å². The first-order chi connectivity index (χ1) is 12.1. The molecule has 1 saturated carbocycles. The van der Waals surface area contributed by atoms with Gasteiger partial charge in [0.05, 0.1) is 12.1 Å². The highest BCUT2D eigenvalue weighted by Gasteiger charge is 2.39. The summed E-state index contributed by atoms with van der Waals surface area (Å²) in [4.78, 5) is 21.0. The van der Waals surface area contributed by atoms with Gasteiger partial charge in [-0.05, 0) is 45.2 Å². The van der Waals surface area contributed by atoms with Gasteiger partial charge in [-0.3, -0.25) is 9.69 Å². The highest BCUT2D eigenvalue weighted by molar-refractivity contribution is 5.76. The number of rotatable bonds is 6. The van der Waals surface area contributed by atoms with Gasteiger partial charge in [0.15, 0.2) is 5.82 Å². The molecule has 7 heteroatoms. The lowest BCUT2D eigenvalue weighted by Gasteiger charge is -2.43. The normalized spacial score (nSPS) is 27.6. The molecule has 3 rings (SSSR count). The Bertz CT molecular complexity index is 570. The molecule has 2 fully saturated rings. The Balaban J connectivity index is 1.54. The Morgan fingerprint density at radius 2 is 2.08 bits per heavy atom. The van der Waals surface area contributed by atoms with Crippen LogP contribution in [0.4, 0.5) is 0 Å². The zero-order chi connectivity index (χ0) is 17.8. The standard InChI is InChI=1S/C18H30N4O3/c1-3-15-19-16(25-20-15)9-10-17(23)21(2)13-7-6-8-14(18(13)24)22-11-4-5-12-22/h13-14,18,24H,3-12H2,1-2H3/t13-,14-,18-/m1/s1. The molecule has 0 radical (unpaired) electrons. The number of hydrogen-bond acceptors (Lipinski definition) is 6. The minimum absolute atomic E-state index is 0.0300.